The molecule has 0 heterocycles. The highest BCUT2D eigenvalue weighted by molar-refractivity contribution is 5.70. The monoisotopic (exact) mass is 272 g/mol. The first-order valence-corrected chi connectivity index (χ1v) is 6.29. The fourth-order valence-corrected chi connectivity index (χ4v) is 1.79. The van der Waals surface area contributed by atoms with Crippen molar-refractivity contribution in [3.63, 3.8) is 0 Å². The Morgan fingerprint density at radius 2 is 1.45 bits per heavy atom. The Morgan fingerprint density at radius 1 is 0.900 bits per heavy atom. The summed E-state index contributed by atoms with van der Waals surface area (Å²) in [4.78, 5) is 10.6. The maximum Gasteiger partial charge on any atom is 0.307 e. The molecule has 0 saturated carbocycles. The van der Waals surface area contributed by atoms with Crippen molar-refractivity contribution in [1.29, 1.82) is 0 Å². The van der Waals surface area contributed by atoms with Crippen molar-refractivity contribution in [2.45, 2.75) is 19.6 Å². The molecule has 4 heteroatoms. The highest BCUT2D eigenvalue weighted by Gasteiger charge is 2.01. The van der Waals surface area contributed by atoms with Gasteiger partial charge in [-0.25, -0.2) is 0 Å². The van der Waals surface area contributed by atoms with Gasteiger partial charge in [0.1, 0.15) is 12.4 Å². The van der Waals surface area contributed by atoms with Crippen LogP contribution in [0.2, 0.25) is 0 Å². The minimum Gasteiger partial charge on any atom is -0.489 e. The van der Waals surface area contributed by atoms with Crippen LogP contribution in [0.15, 0.2) is 48.5 Å². The molecule has 0 radical (unpaired) electrons. The van der Waals surface area contributed by atoms with Gasteiger partial charge in [-0.1, -0.05) is 36.4 Å². The summed E-state index contributed by atoms with van der Waals surface area (Å²) in [6.07, 6.45) is 0.0168. The third-order valence-corrected chi connectivity index (χ3v) is 2.89. The van der Waals surface area contributed by atoms with Gasteiger partial charge in [0.05, 0.1) is 13.0 Å². The van der Waals surface area contributed by atoms with E-state index in [4.69, 9.17) is 14.9 Å². The van der Waals surface area contributed by atoms with E-state index in [2.05, 4.69) is 0 Å². The van der Waals surface area contributed by atoms with Gasteiger partial charge in [0.15, 0.2) is 0 Å². The summed E-state index contributed by atoms with van der Waals surface area (Å²) in [6.45, 7) is 0.468. The molecule has 2 N–H and O–H groups in total. The van der Waals surface area contributed by atoms with E-state index < -0.39 is 5.97 Å². The van der Waals surface area contributed by atoms with E-state index in [1.807, 2.05) is 24.3 Å². The molecule has 0 spiro atoms. The van der Waals surface area contributed by atoms with E-state index >= 15 is 0 Å². The third kappa shape index (κ3) is 4.10. The number of benzene rings is 2. The lowest BCUT2D eigenvalue weighted by molar-refractivity contribution is -0.136. The fourth-order valence-electron chi connectivity index (χ4n) is 1.79. The van der Waals surface area contributed by atoms with Crippen LogP contribution in [0.3, 0.4) is 0 Å². The smallest absolute Gasteiger partial charge is 0.307 e. The molecule has 2 aromatic carbocycles. The number of aliphatic hydroxyl groups excluding tert-OH is 1. The summed E-state index contributed by atoms with van der Waals surface area (Å²) < 4.78 is 5.62. The lowest BCUT2D eigenvalue weighted by atomic mass is 10.1. The number of aliphatic hydroxyl groups is 1. The van der Waals surface area contributed by atoms with E-state index in [-0.39, 0.29) is 13.0 Å². The molecule has 0 bridgehead atoms. The first kappa shape index (κ1) is 14.1. The van der Waals surface area contributed by atoms with Gasteiger partial charge in [0, 0.05) is 0 Å². The number of aliphatic carboxylic acids is 1. The first-order valence-electron chi connectivity index (χ1n) is 6.29. The molecular weight excluding hydrogens is 256 g/mol. The van der Waals surface area contributed by atoms with Gasteiger partial charge in [0.2, 0.25) is 0 Å². The van der Waals surface area contributed by atoms with Gasteiger partial charge in [-0.05, 0) is 28.8 Å². The van der Waals surface area contributed by atoms with Crippen LogP contribution in [0.4, 0.5) is 0 Å². The summed E-state index contributed by atoms with van der Waals surface area (Å²) in [5, 5.41) is 17.6. The minimum atomic E-state index is -0.845. The minimum absolute atomic E-state index is 0.0168. The summed E-state index contributed by atoms with van der Waals surface area (Å²) in [7, 11) is 0. The maximum atomic E-state index is 10.6. The number of carboxylic acids is 1. The molecule has 0 aliphatic heterocycles. The molecule has 2 rings (SSSR count). The SMILES string of the molecule is O=C(O)Cc1ccc(OCc2ccc(CO)cc2)cc1. The molecule has 0 fully saturated rings. The molecule has 20 heavy (non-hydrogen) atoms. The van der Waals surface area contributed by atoms with Crippen LogP contribution in [-0.2, 0) is 24.4 Å². The molecule has 4 nitrogen and oxygen atoms in total. The van der Waals surface area contributed by atoms with Crippen molar-refractivity contribution < 1.29 is 19.7 Å². The predicted molar refractivity (Wildman–Crippen MR) is 74.5 cm³/mol. The Hall–Kier alpha value is -2.33. The van der Waals surface area contributed by atoms with Crippen molar-refractivity contribution in [1.82, 2.24) is 0 Å². The van der Waals surface area contributed by atoms with E-state index in [0.717, 1.165) is 16.7 Å². The van der Waals surface area contributed by atoms with Crippen LogP contribution in [0.5, 0.6) is 5.75 Å². The molecule has 0 saturated heterocycles. The van der Waals surface area contributed by atoms with Crippen LogP contribution in [0.25, 0.3) is 0 Å². The normalized spacial score (nSPS) is 10.2. The molecule has 0 unspecified atom stereocenters. The average Bonchev–Trinajstić information content (AvgIpc) is 2.46. The topological polar surface area (TPSA) is 66.8 Å². The van der Waals surface area contributed by atoms with Crippen LogP contribution in [0.1, 0.15) is 16.7 Å². The summed E-state index contributed by atoms with van der Waals surface area (Å²) in [5.74, 6) is -0.145. The Labute approximate surface area is 117 Å². The van der Waals surface area contributed by atoms with E-state index in [9.17, 15) is 4.79 Å². The molecule has 104 valence electrons. The van der Waals surface area contributed by atoms with Crippen molar-refractivity contribution >= 4 is 5.97 Å². The highest BCUT2D eigenvalue weighted by atomic mass is 16.5. The van der Waals surface area contributed by atoms with Crippen LogP contribution < -0.4 is 4.74 Å². The maximum absolute atomic E-state index is 10.6. The largest absolute Gasteiger partial charge is 0.489 e. The second-order valence-corrected chi connectivity index (χ2v) is 4.48. The molecule has 2 aromatic rings. The summed E-state index contributed by atoms with van der Waals surface area (Å²) in [5.41, 5.74) is 2.63. The molecule has 0 aromatic heterocycles. The van der Waals surface area contributed by atoms with Crippen molar-refractivity contribution in [2.24, 2.45) is 0 Å². The van der Waals surface area contributed by atoms with Crippen molar-refractivity contribution in [3.05, 3.63) is 65.2 Å². The lowest BCUT2D eigenvalue weighted by Crippen LogP contribution is -2.00. The Morgan fingerprint density at radius 3 is 2.00 bits per heavy atom. The molecule has 0 aliphatic rings. The third-order valence-electron chi connectivity index (χ3n) is 2.89. The number of carboxylic acid groups (broad SMARTS) is 1. The van der Waals surface area contributed by atoms with Crippen LogP contribution in [0, 0.1) is 0 Å². The zero-order valence-corrected chi connectivity index (χ0v) is 11.0. The van der Waals surface area contributed by atoms with Gasteiger partial charge in [-0.2, -0.15) is 0 Å². The standard InChI is InChI=1S/C16H16O4/c17-10-13-1-3-14(4-2-13)11-20-15-7-5-12(6-8-15)9-16(18)19/h1-8,17H,9-11H2,(H,18,19). The Bertz CT molecular complexity index is 558. The summed E-state index contributed by atoms with van der Waals surface area (Å²) in [6, 6.07) is 14.6. The molecule has 0 amide bonds. The van der Waals surface area contributed by atoms with Crippen LogP contribution >= 0.6 is 0 Å². The molecular formula is C16H16O4. The van der Waals surface area contributed by atoms with Crippen molar-refractivity contribution in [3.8, 4) is 5.75 Å². The lowest BCUT2D eigenvalue weighted by Gasteiger charge is -2.07. The van der Waals surface area contributed by atoms with Crippen molar-refractivity contribution in [2.75, 3.05) is 0 Å². The second-order valence-electron chi connectivity index (χ2n) is 4.48. The fraction of sp³-hybridized carbons (Fsp3) is 0.188. The van der Waals surface area contributed by atoms with Gasteiger partial charge < -0.3 is 14.9 Å². The van der Waals surface area contributed by atoms with E-state index in [1.165, 1.54) is 0 Å². The Balaban J connectivity index is 1.91. The number of ether oxygens (including phenoxy) is 1. The number of rotatable bonds is 6. The second kappa shape index (κ2) is 6.73. The van der Waals surface area contributed by atoms with E-state index in [0.29, 0.717) is 12.4 Å². The number of hydrogen-bond acceptors (Lipinski definition) is 3. The quantitative estimate of drug-likeness (QED) is 0.847. The highest BCUT2D eigenvalue weighted by Crippen LogP contribution is 2.15. The average molecular weight is 272 g/mol. The summed E-state index contributed by atoms with van der Waals surface area (Å²) >= 11 is 0. The van der Waals surface area contributed by atoms with Gasteiger partial charge >= 0.3 is 5.97 Å². The van der Waals surface area contributed by atoms with E-state index in [1.54, 1.807) is 24.3 Å². The number of hydrogen-bond donors (Lipinski definition) is 2. The molecule has 0 atom stereocenters. The Kier molecular flexibility index (Phi) is 4.74. The van der Waals surface area contributed by atoms with Crippen LogP contribution in [-0.4, -0.2) is 16.2 Å². The zero-order chi connectivity index (χ0) is 14.4. The first-order chi connectivity index (χ1) is 9.67. The predicted octanol–water partition coefficient (Wildman–Crippen LogP) is 2.39. The molecule has 0 aliphatic carbocycles. The zero-order valence-electron chi connectivity index (χ0n) is 11.0. The van der Waals surface area contributed by atoms with Gasteiger partial charge in [-0.15, -0.1) is 0 Å². The van der Waals surface area contributed by atoms with Gasteiger partial charge in [0.25, 0.3) is 0 Å². The number of carbonyl (C=O) groups is 1. The van der Waals surface area contributed by atoms with Gasteiger partial charge in [-0.3, -0.25) is 4.79 Å².